The number of rotatable bonds is 18. The van der Waals surface area contributed by atoms with E-state index in [1.807, 2.05) is 30.3 Å². The SMILES string of the molecule is Cc1cc(O)cc(C)c1C[C@H](NC(=O)[C@@H](CCCNC(=N)N)NC(=O)O)C(=O)N[C@H](CCCCN)c1nc(Cc2ccccc2)no1. The molecule has 2 aromatic carbocycles. The van der Waals surface area contributed by atoms with Gasteiger partial charge in [-0.25, -0.2) is 4.79 Å². The van der Waals surface area contributed by atoms with Gasteiger partial charge in [-0.15, -0.1) is 0 Å². The number of carboxylic acid groups (broad SMARTS) is 1. The first-order valence-electron chi connectivity index (χ1n) is 15.5. The first kappa shape index (κ1) is 36.3. The maximum Gasteiger partial charge on any atom is 0.405 e. The first-order valence-corrected chi connectivity index (χ1v) is 15.5. The molecule has 15 heteroatoms. The van der Waals surface area contributed by atoms with Crippen molar-refractivity contribution >= 4 is 23.9 Å². The molecule has 3 atom stereocenters. The van der Waals surface area contributed by atoms with E-state index >= 15 is 0 Å². The van der Waals surface area contributed by atoms with Crippen LogP contribution in [0.25, 0.3) is 0 Å². The molecule has 3 rings (SSSR count). The Labute approximate surface area is 273 Å². The topological polar surface area (TPSA) is 255 Å². The van der Waals surface area contributed by atoms with Crippen molar-refractivity contribution in [3.8, 4) is 5.75 Å². The number of carbonyl (C=O) groups excluding carboxylic acids is 2. The van der Waals surface area contributed by atoms with Gasteiger partial charge in [-0.05, 0) is 86.9 Å². The molecule has 47 heavy (non-hydrogen) atoms. The Balaban J connectivity index is 1.87. The van der Waals surface area contributed by atoms with E-state index in [-0.39, 0.29) is 37.0 Å². The Morgan fingerprint density at radius 1 is 0.957 bits per heavy atom. The van der Waals surface area contributed by atoms with Crippen molar-refractivity contribution in [3.63, 3.8) is 0 Å². The minimum absolute atomic E-state index is 0.0554. The summed E-state index contributed by atoms with van der Waals surface area (Å²) in [5, 5.41) is 41.4. The van der Waals surface area contributed by atoms with Crippen LogP contribution < -0.4 is 32.7 Å². The molecule has 11 N–H and O–H groups in total. The Morgan fingerprint density at radius 2 is 1.64 bits per heavy atom. The predicted octanol–water partition coefficient (Wildman–Crippen LogP) is 1.90. The number of aryl methyl sites for hydroxylation is 2. The van der Waals surface area contributed by atoms with Crippen LogP contribution in [0.15, 0.2) is 47.0 Å². The van der Waals surface area contributed by atoms with Crippen molar-refractivity contribution in [2.75, 3.05) is 13.1 Å². The molecule has 0 aliphatic carbocycles. The molecule has 0 radical (unpaired) electrons. The molecule has 3 aromatic rings. The fourth-order valence-corrected chi connectivity index (χ4v) is 5.21. The molecule has 0 aliphatic rings. The smallest absolute Gasteiger partial charge is 0.405 e. The zero-order valence-corrected chi connectivity index (χ0v) is 26.7. The van der Waals surface area contributed by atoms with Crippen molar-refractivity contribution in [2.45, 2.75) is 76.9 Å². The number of hydrogen-bond donors (Lipinski definition) is 9. The van der Waals surface area contributed by atoms with Crippen molar-refractivity contribution in [3.05, 3.63) is 76.4 Å². The van der Waals surface area contributed by atoms with Crippen molar-refractivity contribution in [1.29, 1.82) is 5.41 Å². The van der Waals surface area contributed by atoms with Crippen LogP contribution in [0, 0.1) is 19.3 Å². The summed E-state index contributed by atoms with van der Waals surface area (Å²) >= 11 is 0. The van der Waals surface area contributed by atoms with Gasteiger partial charge in [0.2, 0.25) is 17.7 Å². The summed E-state index contributed by atoms with van der Waals surface area (Å²) in [6.07, 6.45) is 1.29. The fraction of sp³-hybridized carbons (Fsp3) is 0.438. The molecule has 0 aliphatic heterocycles. The van der Waals surface area contributed by atoms with Gasteiger partial charge in [0.25, 0.3) is 0 Å². The number of carbonyl (C=O) groups is 3. The van der Waals surface area contributed by atoms with E-state index in [0.717, 1.165) is 11.1 Å². The summed E-state index contributed by atoms with van der Waals surface area (Å²) in [6.45, 7) is 4.29. The molecule has 0 saturated carbocycles. The largest absolute Gasteiger partial charge is 0.508 e. The highest BCUT2D eigenvalue weighted by Gasteiger charge is 2.30. The monoisotopic (exact) mass is 651 g/mol. The third-order valence-electron chi connectivity index (χ3n) is 7.57. The normalized spacial score (nSPS) is 12.8. The fourth-order valence-electron chi connectivity index (χ4n) is 5.21. The summed E-state index contributed by atoms with van der Waals surface area (Å²) in [6, 6.07) is 9.77. The average molecular weight is 652 g/mol. The summed E-state index contributed by atoms with van der Waals surface area (Å²) in [7, 11) is 0. The second-order valence-corrected chi connectivity index (χ2v) is 11.4. The lowest BCUT2D eigenvalue weighted by molar-refractivity contribution is -0.130. The van der Waals surface area contributed by atoms with E-state index in [1.165, 1.54) is 0 Å². The number of phenolic OH excluding ortho intramolecular Hbond substituents is 1. The quantitative estimate of drug-likeness (QED) is 0.0545. The molecule has 3 amide bonds. The van der Waals surface area contributed by atoms with Crippen LogP contribution in [0.2, 0.25) is 0 Å². The maximum atomic E-state index is 14.0. The van der Waals surface area contributed by atoms with Crippen molar-refractivity contribution in [2.24, 2.45) is 11.5 Å². The highest BCUT2D eigenvalue weighted by molar-refractivity contribution is 5.91. The van der Waals surface area contributed by atoms with Crippen LogP contribution in [0.1, 0.15) is 72.1 Å². The van der Waals surface area contributed by atoms with E-state index < -0.39 is 36.0 Å². The van der Waals surface area contributed by atoms with E-state index in [4.69, 9.17) is 21.4 Å². The third kappa shape index (κ3) is 11.9. The molecule has 15 nitrogen and oxygen atoms in total. The van der Waals surface area contributed by atoms with Gasteiger partial charge >= 0.3 is 6.09 Å². The third-order valence-corrected chi connectivity index (χ3v) is 7.57. The Morgan fingerprint density at radius 3 is 2.28 bits per heavy atom. The lowest BCUT2D eigenvalue weighted by Gasteiger charge is -2.25. The number of nitrogens with one attached hydrogen (secondary N) is 5. The highest BCUT2D eigenvalue weighted by Crippen LogP contribution is 2.24. The highest BCUT2D eigenvalue weighted by atomic mass is 16.5. The molecular formula is C32H45N9O6. The average Bonchev–Trinajstić information content (AvgIpc) is 3.47. The summed E-state index contributed by atoms with van der Waals surface area (Å²) in [5.41, 5.74) is 14.2. The molecule has 0 bridgehead atoms. The number of aromatic hydroxyl groups is 1. The van der Waals surface area contributed by atoms with Gasteiger partial charge in [0, 0.05) is 19.4 Å². The van der Waals surface area contributed by atoms with E-state index in [2.05, 4.69) is 31.4 Å². The number of hydrogen-bond acceptors (Lipinski definition) is 9. The second kappa shape index (κ2) is 18.1. The van der Waals surface area contributed by atoms with Crippen LogP contribution in [0.3, 0.4) is 0 Å². The number of benzene rings is 2. The van der Waals surface area contributed by atoms with Crippen molar-refractivity contribution < 1.29 is 29.1 Å². The molecule has 0 spiro atoms. The van der Waals surface area contributed by atoms with Gasteiger partial charge in [-0.2, -0.15) is 4.98 Å². The standard InChI is InChI=1S/C32H45N9O6/c1-19-15-22(42)16-20(2)23(19)18-26(38-28(43)24(39-32(45)46)12-8-14-36-31(34)35)29(44)37-25(11-6-7-13-33)30-40-27(41-47-30)17-21-9-4-3-5-10-21/h3-5,9-10,15-16,24-26,39,42H,6-8,11-14,17-18,33H2,1-2H3,(H,37,44)(H,38,43)(H,45,46)(H4,34,35,36)/t24-,25-,26+/m1/s1. The Bertz CT molecular complexity index is 1470. The van der Waals surface area contributed by atoms with Crippen LogP contribution in [-0.4, -0.2) is 69.4 Å². The van der Waals surface area contributed by atoms with Crippen LogP contribution in [-0.2, 0) is 22.4 Å². The van der Waals surface area contributed by atoms with Crippen LogP contribution in [0.4, 0.5) is 4.79 Å². The first-order chi connectivity index (χ1) is 22.5. The zero-order chi connectivity index (χ0) is 34.3. The summed E-state index contributed by atoms with van der Waals surface area (Å²) < 4.78 is 5.59. The van der Waals surface area contributed by atoms with E-state index in [0.29, 0.717) is 55.6 Å². The molecular weight excluding hydrogens is 606 g/mol. The van der Waals surface area contributed by atoms with Gasteiger partial charge in [0.05, 0.1) is 0 Å². The van der Waals surface area contributed by atoms with E-state index in [1.54, 1.807) is 26.0 Å². The number of guanidine groups is 1. The summed E-state index contributed by atoms with van der Waals surface area (Å²) in [5.74, 6) is -0.757. The minimum atomic E-state index is -1.40. The van der Waals surface area contributed by atoms with Gasteiger partial charge in [0.1, 0.15) is 23.9 Å². The molecule has 1 heterocycles. The number of unbranched alkanes of at least 4 members (excludes halogenated alkanes) is 1. The van der Waals surface area contributed by atoms with Crippen molar-refractivity contribution in [1.82, 2.24) is 31.4 Å². The van der Waals surface area contributed by atoms with Crippen LogP contribution >= 0.6 is 0 Å². The molecule has 254 valence electrons. The van der Waals surface area contributed by atoms with Gasteiger partial charge in [0.15, 0.2) is 11.8 Å². The Hall–Kier alpha value is -5.18. The maximum absolute atomic E-state index is 14.0. The minimum Gasteiger partial charge on any atom is -0.508 e. The van der Waals surface area contributed by atoms with Crippen LogP contribution in [0.5, 0.6) is 5.75 Å². The predicted molar refractivity (Wildman–Crippen MR) is 175 cm³/mol. The van der Waals surface area contributed by atoms with Gasteiger partial charge in [-0.3, -0.25) is 15.0 Å². The van der Waals surface area contributed by atoms with Gasteiger partial charge in [-0.1, -0.05) is 35.5 Å². The molecule has 1 aromatic heterocycles. The summed E-state index contributed by atoms with van der Waals surface area (Å²) in [4.78, 5) is 43.6. The Kier molecular flexibility index (Phi) is 14.0. The zero-order valence-electron chi connectivity index (χ0n) is 26.7. The number of nitrogens with two attached hydrogens (primary N) is 2. The molecule has 0 fully saturated rings. The van der Waals surface area contributed by atoms with Gasteiger partial charge < -0.3 is 47.5 Å². The number of amides is 3. The number of aromatic nitrogens is 2. The second-order valence-electron chi connectivity index (χ2n) is 11.4. The number of phenols is 1. The molecule has 0 unspecified atom stereocenters. The number of nitrogens with zero attached hydrogens (tertiary/aromatic N) is 2. The molecule has 0 saturated heterocycles. The lowest BCUT2D eigenvalue weighted by Crippen LogP contribution is -2.55. The lowest BCUT2D eigenvalue weighted by atomic mass is 9.95. The van der Waals surface area contributed by atoms with E-state index in [9.17, 15) is 24.6 Å².